The van der Waals surface area contributed by atoms with Crippen LogP contribution in [0, 0.1) is 17.1 Å². The van der Waals surface area contributed by atoms with Crippen molar-refractivity contribution < 1.29 is 14.3 Å². The van der Waals surface area contributed by atoms with E-state index in [1.54, 1.807) is 12.1 Å². The molecule has 2 N–H and O–H groups in total. The van der Waals surface area contributed by atoms with Crippen molar-refractivity contribution in [3.05, 3.63) is 29.6 Å². The topological polar surface area (TPSA) is 73.1 Å². The SMILES string of the molecule is N#Cc1ccc(NCCCCCCC(=O)O)c(F)c1. The van der Waals surface area contributed by atoms with Gasteiger partial charge in [0.2, 0.25) is 0 Å². The van der Waals surface area contributed by atoms with Gasteiger partial charge in [-0.05, 0) is 31.0 Å². The van der Waals surface area contributed by atoms with Crippen LogP contribution in [0.4, 0.5) is 10.1 Å². The number of halogens is 1. The molecule has 0 aliphatic rings. The lowest BCUT2D eigenvalue weighted by Crippen LogP contribution is -2.03. The number of hydrogen-bond donors (Lipinski definition) is 2. The van der Waals surface area contributed by atoms with E-state index in [1.807, 2.05) is 6.07 Å². The summed E-state index contributed by atoms with van der Waals surface area (Å²) in [5.41, 5.74) is 0.696. The Morgan fingerprint density at radius 1 is 1.32 bits per heavy atom. The van der Waals surface area contributed by atoms with Crippen molar-refractivity contribution in [3.8, 4) is 6.07 Å². The summed E-state index contributed by atoms with van der Waals surface area (Å²) in [5.74, 6) is -1.19. The zero-order chi connectivity index (χ0) is 14.1. The molecule has 0 aromatic heterocycles. The molecule has 1 aromatic carbocycles. The minimum atomic E-state index is -0.766. The summed E-state index contributed by atoms with van der Waals surface area (Å²) in [6.45, 7) is 0.635. The van der Waals surface area contributed by atoms with Gasteiger partial charge in [-0.15, -0.1) is 0 Å². The van der Waals surface area contributed by atoms with Crippen molar-refractivity contribution in [1.82, 2.24) is 0 Å². The number of carboxylic acids is 1. The molecule has 19 heavy (non-hydrogen) atoms. The summed E-state index contributed by atoms with van der Waals surface area (Å²) in [7, 11) is 0. The molecular weight excluding hydrogens is 247 g/mol. The van der Waals surface area contributed by atoms with E-state index in [4.69, 9.17) is 10.4 Å². The van der Waals surface area contributed by atoms with E-state index in [2.05, 4.69) is 5.32 Å². The van der Waals surface area contributed by atoms with Crippen molar-refractivity contribution in [2.45, 2.75) is 32.1 Å². The number of hydrogen-bond acceptors (Lipinski definition) is 3. The molecule has 0 bridgehead atoms. The van der Waals surface area contributed by atoms with E-state index >= 15 is 0 Å². The number of nitrogens with one attached hydrogen (secondary N) is 1. The first-order valence-corrected chi connectivity index (χ1v) is 6.29. The molecule has 0 radical (unpaired) electrons. The van der Waals surface area contributed by atoms with Crippen molar-refractivity contribution in [3.63, 3.8) is 0 Å². The second-order valence-corrected chi connectivity index (χ2v) is 4.29. The number of benzene rings is 1. The van der Waals surface area contributed by atoms with Crippen LogP contribution in [0.5, 0.6) is 0 Å². The molecule has 0 unspecified atom stereocenters. The summed E-state index contributed by atoms with van der Waals surface area (Å²) < 4.78 is 13.5. The van der Waals surface area contributed by atoms with E-state index in [0.29, 0.717) is 24.2 Å². The van der Waals surface area contributed by atoms with Gasteiger partial charge in [-0.2, -0.15) is 5.26 Å². The minimum absolute atomic E-state index is 0.206. The fourth-order valence-electron chi connectivity index (χ4n) is 1.71. The van der Waals surface area contributed by atoms with Crippen LogP contribution in [0.1, 0.15) is 37.7 Å². The molecule has 0 aliphatic heterocycles. The monoisotopic (exact) mass is 264 g/mol. The molecule has 1 aromatic rings. The molecule has 0 spiro atoms. The Bertz CT molecular complexity index is 469. The van der Waals surface area contributed by atoms with Crippen LogP contribution in [-0.4, -0.2) is 17.6 Å². The maximum Gasteiger partial charge on any atom is 0.303 e. The average molecular weight is 264 g/mol. The molecule has 1 rings (SSSR count). The molecule has 5 heteroatoms. The van der Waals surface area contributed by atoms with Crippen molar-refractivity contribution in [2.75, 3.05) is 11.9 Å². The normalized spacial score (nSPS) is 9.89. The maximum atomic E-state index is 13.5. The smallest absolute Gasteiger partial charge is 0.303 e. The first kappa shape index (κ1) is 15.0. The number of unbranched alkanes of at least 4 members (excludes halogenated alkanes) is 3. The minimum Gasteiger partial charge on any atom is -0.481 e. The quantitative estimate of drug-likeness (QED) is 0.707. The van der Waals surface area contributed by atoms with Crippen LogP contribution in [0.2, 0.25) is 0 Å². The molecule has 0 saturated heterocycles. The Morgan fingerprint density at radius 3 is 2.68 bits per heavy atom. The second-order valence-electron chi connectivity index (χ2n) is 4.29. The van der Waals surface area contributed by atoms with Crippen LogP contribution < -0.4 is 5.32 Å². The van der Waals surface area contributed by atoms with Gasteiger partial charge in [0, 0.05) is 13.0 Å². The van der Waals surface area contributed by atoms with Gasteiger partial charge in [0.15, 0.2) is 0 Å². The highest BCUT2D eigenvalue weighted by molar-refractivity contribution is 5.66. The Balaban J connectivity index is 2.19. The van der Waals surface area contributed by atoms with Gasteiger partial charge < -0.3 is 10.4 Å². The predicted molar refractivity (Wildman–Crippen MR) is 70.3 cm³/mol. The van der Waals surface area contributed by atoms with Gasteiger partial charge >= 0.3 is 5.97 Å². The zero-order valence-corrected chi connectivity index (χ0v) is 10.7. The van der Waals surface area contributed by atoms with Gasteiger partial charge in [-0.1, -0.05) is 12.8 Å². The number of carboxylic acid groups (broad SMARTS) is 1. The Kier molecular flexibility index (Phi) is 6.37. The van der Waals surface area contributed by atoms with Gasteiger partial charge in [-0.3, -0.25) is 4.79 Å². The van der Waals surface area contributed by atoms with Crippen LogP contribution >= 0.6 is 0 Å². The van der Waals surface area contributed by atoms with Crippen LogP contribution in [0.25, 0.3) is 0 Å². The second kappa shape index (κ2) is 8.09. The Morgan fingerprint density at radius 2 is 2.05 bits per heavy atom. The van der Waals surface area contributed by atoms with Gasteiger partial charge in [-0.25, -0.2) is 4.39 Å². The van der Waals surface area contributed by atoms with Crippen LogP contribution in [0.3, 0.4) is 0 Å². The predicted octanol–water partition coefficient (Wildman–Crippen LogP) is 3.14. The van der Waals surface area contributed by atoms with E-state index in [-0.39, 0.29) is 6.42 Å². The van der Waals surface area contributed by atoms with Crippen molar-refractivity contribution in [1.29, 1.82) is 5.26 Å². The number of nitrogens with zero attached hydrogens (tertiary/aromatic N) is 1. The van der Waals surface area contributed by atoms with Crippen LogP contribution in [-0.2, 0) is 4.79 Å². The first-order valence-electron chi connectivity index (χ1n) is 6.29. The average Bonchev–Trinajstić information content (AvgIpc) is 2.38. The number of anilines is 1. The fraction of sp³-hybridized carbons (Fsp3) is 0.429. The molecule has 0 atom stereocenters. The number of nitriles is 1. The van der Waals surface area contributed by atoms with Crippen LogP contribution in [0.15, 0.2) is 18.2 Å². The molecule has 0 aliphatic carbocycles. The first-order chi connectivity index (χ1) is 9.13. The maximum absolute atomic E-state index is 13.5. The molecule has 4 nitrogen and oxygen atoms in total. The van der Waals surface area contributed by atoms with Crippen molar-refractivity contribution >= 4 is 11.7 Å². The molecule has 0 saturated carbocycles. The summed E-state index contributed by atoms with van der Waals surface area (Å²) >= 11 is 0. The number of aliphatic carboxylic acids is 1. The summed E-state index contributed by atoms with van der Waals surface area (Å²) in [4.78, 5) is 10.3. The summed E-state index contributed by atoms with van der Waals surface area (Å²) in [6, 6.07) is 6.20. The Labute approximate surface area is 111 Å². The third-order valence-electron chi connectivity index (χ3n) is 2.73. The lowest BCUT2D eigenvalue weighted by Gasteiger charge is -2.07. The highest BCUT2D eigenvalue weighted by Gasteiger charge is 2.02. The Hall–Kier alpha value is -2.09. The summed E-state index contributed by atoms with van der Waals surface area (Å²) in [5, 5.41) is 20.0. The van der Waals surface area contributed by atoms with Gasteiger partial charge in [0.05, 0.1) is 17.3 Å². The van der Waals surface area contributed by atoms with Gasteiger partial charge in [0.1, 0.15) is 5.82 Å². The lowest BCUT2D eigenvalue weighted by molar-refractivity contribution is -0.137. The van der Waals surface area contributed by atoms with E-state index in [9.17, 15) is 9.18 Å². The van der Waals surface area contributed by atoms with Crippen molar-refractivity contribution in [2.24, 2.45) is 0 Å². The number of rotatable bonds is 8. The molecular formula is C14H17FN2O2. The molecule has 0 heterocycles. The largest absolute Gasteiger partial charge is 0.481 e. The zero-order valence-electron chi connectivity index (χ0n) is 10.7. The molecule has 0 amide bonds. The van der Waals surface area contributed by atoms with Gasteiger partial charge in [0.25, 0.3) is 0 Å². The van der Waals surface area contributed by atoms with E-state index in [1.165, 1.54) is 6.07 Å². The third-order valence-corrected chi connectivity index (χ3v) is 2.73. The standard InChI is InChI=1S/C14H17FN2O2/c15-12-9-11(10-16)6-7-13(12)17-8-4-2-1-3-5-14(18)19/h6-7,9,17H,1-5,8H2,(H,18,19). The third kappa shape index (κ3) is 5.87. The molecule has 102 valence electrons. The lowest BCUT2D eigenvalue weighted by atomic mass is 10.1. The highest BCUT2D eigenvalue weighted by atomic mass is 19.1. The number of carbonyl (C=O) groups is 1. The fourth-order valence-corrected chi connectivity index (χ4v) is 1.71. The summed E-state index contributed by atoms with van der Waals surface area (Å²) in [6.07, 6.45) is 3.53. The highest BCUT2D eigenvalue weighted by Crippen LogP contribution is 2.15. The molecule has 0 fully saturated rings. The van der Waals surface area contributed by atoms with E-state index < -0.39 is 11.8 Å². The van der Waals surface area contributed by atoms with E-state index in [0.717, 1.165) is 19.3 Å².